The molecule has 6 N–H and O–H groups in total. The summed E-state index contributed by atoms with van der Waals surface area (Å²) < 4.78 is 0. The van der Waals surface area contributed by atoms with E-state index in [0.717, 1.165) is 63.5 Å². The number of nitrogens with two attached hydrogens (primary N) is 1. The van der Waals surface area contributed by atoms with Crippen LogP contribution in [0.3, 0.4) is 0 Å². The summed E-state index contributed by atoms with van der Waals surface area (Å²) in [6, 6.07) is 0.433. The summed E-state index contributed by atoms with van der Waals surface area (Å²) >= 11 is 1.91. The Morgan fingerprint density at radius 1 is 0.844 bits per heavy atom. The molecule has 2 aliphatic heterocycles. The number of nitrogens with one attached hydrogen (secondary N) is 4. The highest BCUT2D eigenvalue weighted by Gasteiger charge is 2.42. The van der Waals surface area contributed by atoms with E-state index in [4.69, 9.17) is 5.73 Å². The smallest absolute Gasteiger partial charge is 0.315 e. The van der Waals surface area contributed by atoms with Gasteiger partial charge >= 0.3 is 6.03 Å². The zero-order chi connectivity index (χ0) is 23.2. The van der Waals surface area contributed by atoms with Gasteiger partial charge in [0.15, 0.2) is 0 Å². The average Bonchev–Trinajstić information content (AvgIpc) is 3.29. The summed E-state index contributed by atoms with van der Waals surface area (Å²) in [5.41, 5.74) is 5.08. The molecule has 5 amide bonds. The number of urea groups is 1. The first kappa shape index (κ1) is 26.3. The van der Waals surface area contributed by atoms with Crippen LogP contribution in [0.25, 0.3) is 0 Å². The molecule has 0 radical (unpaired) electrons. The third-order valence-electron chi connectivity index (χ3n) is 5.91. The van der Waals surface area contributed by atoms with Crippen LogP contribution >= 0.6 is 11.8 Å². The normalized spacial score (nSPS) is 21.5. The number of primary amides is 1. The number of hydrogen-bond donors (Lipinski definition) is 5. The topological polar surface area (TPSA) is 142 Å². The number of unbranched alkanes of at least 4 members (excludes halogenated alkanes) is 5. The lowest BCUT2D eigenvalue weighted by Gasteiger charge is -2.16. The Morgan fingerprint density at radius 2 is 1.44 bits per heavy atom. The second kappa shape index (κ2) is 15.0. The van der Waals surface area contributed by atoms with Gasteiger partial charge in [-0.2, -0.15) is 11.8 Å². The van der Waals surface area contributed by atoms with Gasteiger partial charge in [0.25, 0.3) is 0 Å². The number of amides is 5. The van der Waals surface area contributed by atoms with Crippen molar-refractivity contribution in [3.63, 3.8) is 0 Å². The first-order valence-electron chi connectivity index (χ1n) is 12.0. The fourth-order valence-corrected chi connectivity index (χ4v) is 5.64. The minimum Gasteiger partial charge on any atom is -0.370 e. The molecule has 2 heterocycles. The van der Waals surface area contributed by atoms with Gasteiger partial charge in [-0.25, -0.2) is 4.79 Å². The number of rotatable bonds is 17. The van der Waals surface area contributed by atoms with Gasteiger partial charge in [-0.15, -0.1) is 0 Å². The molecule has 2 aliphatic rings. The third kappa shape index (κ3) is 10.6. The Labute approximate surface area is 195 Å². The lowest BCUT2D eigenvalue weighted by atomic mass is 10.0. The lowest BCUT2D eigenvalue weighted by Crippen LogP contribution is -2.36. The van der Waals surface area contributed by atoms with Crippen molar-refractivity contribution < 1.29 is 19.2 Å². The second-order valence-electron chi connectivity index (χ2n) is 8.66. The molecular weight excluding hydrogens is 430 g/mol. The molecule has 0 aromatic carbocycles. The minimum atomic E-state index is -0.277. The molecular formula is C22H39N5O4S. The van der Waals surface area contributed by atoms with Crippen molar-refractivity contribution >= 4 is 35.5 Å². The molecule has 0 aliphatic carbocycles. The van der Waals surface area contributed by atoms with E-state index in [1.165, 1.54) is 0 Å². The number of carbonyl (C=O) groups is 4. The highest BCUT2D eigenvalue weighted by atomic mass is 32.2. The van der Waals surface area contributed by atoms with E-state index >= 15 is 0 Å². The summed E-state index contributed by atoms with van der Waals surface area (Å²) in [6.07, 6.45) is 9.45. The number of hydrogen-bond acceptors (Lipinski definition) is 5. The Kier molecular flexibility index (Phi) is 12.3. The van der Waals surface area contributed by atoms with E-state index in [0.29, 0.717) is 37.6 Å². The maximum absolute atomic E-state index is 12.0. The van der Waals surface area contributed by atoms with Crippen molar-refractivity contribution in [2.45, 2.75) is 94.4 Å². The molecule has 2 saturated heterocycles. The number of carbonyl (C=O) groups excluding carboxylic acids is 4. The van der Waals surface area contributed by atoms with Crippen LogP contribution in [0.2, 0.25) is 0 Å². The molecule has 182 valence electrons. The summed E-state index contributed by atoms with van der Waals surface area (Å²) in [5, 5.41) is 12.2. The van der Waals surface area contributed by atoms with Crippen LogP contribution in [0.4, 0.5) is 4.79 Å². The van der Waals surface area contributed by atoms with E-state index in [1.54, 1.807) is 0 Å². The van der Waals surface area contributed by atoms with Crippen LogP contribution in [0, 0.1) is 0 Å². The third-order valence-corrected chi connectivity index (χ3v) is 7.41. The Bertz CT molecular complexity index is 633. The van der Waals surface area contributed by atoms with E-state index in [-0.39, 0.29) is 35.8 Å². The van der Waals surface area contributed by atoms with Gasteiger partial charge in [0.1, 0.15) is 0 Å². The standard InChI is InChI=1S/C22H39N5O4S/c23-18(28)10-3-1-7-13-24-19(29)11-4-2-8-14-25-20(30)12-6-5-9-17-21-16(15-32-17)26-22(31)27-21/h16-17,21H,1-15H2,(H2,23,28)(H,24,29)(H,25,30)(H2,26,27,31)/t16-,17-,21-/m0/s1. The first-order valence-corrected chi connectivity index (χ1v) is 13.0. The van der Waals surface area contributed by atoms with Crippen molar-refractivity contribution in [2.24, 2.45) is 5.73 Å². The Balaban J connectivity index is 1.35. The van der Waals surface area contributed by atoms with Gasteiger partial charge in [0.2, 0.25) is 17.7 Å². The fourth-order valence-electron chi connectivity index (χ4n) is 4.09. The van der Waals surface area contributed by atoms with Gasteiger partial charge in [-0.1, -0.05) is 19.3 Å². The van der Waals surface area contributed by atoms with E-state index in [1.807, 2.05) is 11.8 Å². The van der Waals surface area contributed by atoms with Gasteiger partial charge < -0.3 is 27.0 Å². The molecule has 0 bridgehead atoms. The maximum Gasteiger partial charge on any atom is 0.315 e. The molecule has 0 saturated carbocycles. The summed E-state index contributed by atoms with van der Waals surface area (Å²) in [7, 11) is 0. The molecule has 0 aromatic heterocycles. The summed E-state index contributed by atoms with van der Waals surface area (Å²) in [5.74, 6) is 0.839. The molecule has 0 spiro atoms. The van der Waals surface area contributed by atoms with Crippen molar-refractivity contribution in [3.05, 3.63) is 0 Å². The SMILES string of the molecule is NC(=O)CCCCCNC(=O)CCCCCNC(=O)CCCC[C@@H]1SC[C@@H]2NC(=O)N[C@@H]21. The molecule has 9 nitrogen and oxygen atoms in total. The van der Waals surface area contributed by atoms with Crippen molar-refractivity contribution in [1.82, 2.24) is 21.3 Å². The van der Waals surface area contributed by atoms with Crippen LogP contribution in [0.1, 0.15) is 77.0 Å². The van der Waals surface area contributed by atoms with Crippen LogP contribution in [0.15, 0.2) is 0 Å². The second-order valence-corrected chi connectivity index (χ2v) is 9.93. The fraction of sp³-hybridized carbons (Fsp3) is 0.818. The lowest BCUT2D eigenvalue weighted by molar-refractivity contribution is -0.122. The average molecular weight is 470 g/mol. The highest BCUT2D eigenvalue weighted by molar-refractivity contribution is 8.00. The van der Waals surface area contributed by atoms with Crippen LogP contribution in [-0.4, -0.2) is 59.9 Å². The van der Waals surface area contributed by atoms with Gasteiger partial charge in [-0.05, 0) is 38.5 Å². The molecule has 32 heavy (non-hydrogen) atoms. The van der Waals surface area contributed by atoms with Gasteiger partial charge in [-0.3, -0.25) is 14.4 Å². The van der Waals surface area contributed by atoms with E-state index in [2.05, 4.69) is 21.3 Å². The van der Waals surface area contributed by atoms with Gasteiger partial charge in [0, 0.05) is 43.4 Å². The zero-order valence-electron chi connectivity index (χ0n) is 19.0. The molecule has 0 unspecified atom stereocenters. The predicted molar refractivity (Wildman–Crippen MR) is 126 cm³/mol. The van der Waals surface area contributed by atoms with Crippen LogP contribution in [0.5, 0.6) is 0 Å². The van der Waals surface area contributed by atoms with E-state index in [9.17, 15) is 19.2 Å². The molecule has 2 rings (SSSR count). The zero-order valence-corrected chi connectivity index (χ0v) is 19.8. The molecule has 0 aromatic rings. The molecule has 3 atom stereocenters. The number of fused-ring (bicyclic) bond motifs is 1. The van der Waals surface area contributed by atoms with Gasteiger partial charge in [0.05, 0.1) is 12.1 Å². The number of thioether (sulfide) groups is 1. The molecule has 10 heteroatoms. The monoisotopic (exact) mass is 469 g/mol. The Morgan fingerprint density at radius 3 is 2.06 bits per heavy atom. The van der Waals surface area contributed by atoms with Crippen molar-refractivity contribution in [3.8, 4) is 0 Å². The highest BCUT2D eigenvalue weighted by Crippen LogP contribution is 2.33. The predicted octanol–water partition coefficient (Wildman–Crippen LogP) is 1.55. The van der Waals surface area contributed by atoms with Crippen molar-refractivity contribution in [2.75, 3.05) is 18.8 Å². The van der Waals surface area contributed by atoms with Crippen molar-refractivity contribution in [1.29, 1.82) is 0 Å². The quantitative estimate of drug-likeness (QED) is 0.162. The van der Waals surface area contributed by atoms with Crippen LogP contribution < -0.4 is 27.0 Å². The molecule has 2 fully saturated rings. The van der Waals surface area contributed by atoms with E-state index < -0.39 is 0 Å². The Hall–Kier alpha value is -1.97. The van der Waals surface area contributed by atoms with Crippen LogP contribution in [-0.2, 0) is 14.4 Å². The minimum absolute atomic E-state index is 0.0565. The first-order chi connectivity index (χ1) is 15.5. The summed E-state index contributed by atoms with van der Waals surface area (Å²) in [6.45, 7) is 1.29. The summed E-state index contributed by atoms with van der Waals surface area (Å²) in [4.78, 5) is 45.8. The maximum atomic E-state index is 12.0. The largest absolute Gasteiger partial charge is 0.370 e.